The molecule has 0 spiro atoms. The highest BCUT2D eigenvalue weighted by Gasteiger charge is 2.16. The number of aliphatic imine (C=N–C) groups is 1. The number of nitrogens with zero attached hydrogens (tertiary/aromatic N) is 2. The van der Waals surface area contributed by atoms with E-state index in [2.05, 4.69) is 54.6 Å². The van der Waals surface area contributed by atoms with Crippen LogP contribution in [0.5, 0.6) is 0 Å². The van der Waals surface area contributed by atoms with Crippen LogP contribution >= 0.6 is 23.1 Å². The Morgan fingerprint density at radius 2 is 2.15 bits per heavy atom. The summed E-state index contributed by atoms with van der Waals surface area (Å²) in [7, 11) is 0. The molecule has 0 amide bonds. The number of nitrogens with one attached hydrogen (secondary N) is 2. The first-order valence-corrected chi connectivity index (χ1v) is 9.05. The van der Waals surface area contributed by atoms with Gasteiger partial charge in [0.05, 0.1) is 6.54 Å². The van der Waals surface area contributed by atoms with Gasteiger partial charge in [-0.15, -0.1) is 11.3 Å². The zero-order valence-electron chi connectivity index (χ0n) is 13.1. The number of hydrogen-bond acceptors (Lipinski definition) is 4. The predicted molar refractivity (Wildman–Crippen MR) is 91.9 cm³/mol. The molecule has 0 aliphatic heterocycles. The lowest BCUT2D eigenvalue weighted by Gasteiger charge is -2.23. The molecule has 0 bridgehead atoms. The van der Waals surface area contributed by atoms with Crippen molar-refractivity contribution in [3.63, 3.8) is 0 Å². The van der Waals surface area contributed by atoms with Crippen molar-refractivity contribution in [3.05, 3.63) is 16.1 Å². The Bertz CT molecular complexity index is 427. The minimum atomic E-state index is 0.201. The summed E-state index contributed by atoms with van der Waals surface area (Å²) in [6.07, 6.45) is 5.13. The Kier molecular flexibility index (Phi) is 7.37. The third kappa shape index (κ3) is 6.13. The lowest BCUT2D eigenvalue weighted by atomic mass is 10.2. The second kappa shape index (κ2) is 8.52. The molecule has 114 valence electrons. The molecule has 0 saturated heterocycles. The quantitative estimate of drug-likeness (QED) is 0.600. The van der Waals surface area contributed by atoms with Gasteiger partial charge in [0, 0.05) is 28.9 Å². The smallest absolute Gasteiger partial charge is 0.191 e. The summed E-state index contributed by atoms with van der Waals surface area (Å²) >= 11 is 3.60. The summed E-state index contributed by atoms with van der Waals surface area (Å²) in [5, 5.41) is 7.75. The topological polar surface area (TPSA) is 49.3 Å². The molecule has 1 heterocycles. The van der Waals surface area contributed by atoms with Crippen molar-refractivity contribution in [2.45, 2.75) is 45.4 Å². The van der Waals surface area contributed by atoms with Gasteiger partial charge in [-0.1, -0.05) is 6.92 Å². The fourth-order valence-corrected chi connectivity index (χ4v) is 2.45. The van der Waals surface area contributed by atoms with Crippen LogP contribution in [0, 0.1) is 0 Å². The second-order valence-electron chi connectivity index (χ2n) is 5.09. The number of aryl methyl sites for hydroxylation is 1. The Morgan fingerprint density at radius 3 is 2.70 bits per heavy atom. The maximum atomic E-state index is 4.60. The standard InChI is InChI=1S/C14H26N4S2/c1-6-11-8-16-12(20-11)9-17-13(15-7-2)18-10-14(3,4)19-5/h8H,6-7,9-10H2,1-5H3,(H2,15,17,18). The summed E-state index contributed by atoms with van der Waals surface area (Å²) < 4.78 is 0.201. The SMILES string of the molecule is CCNC(=NCc1ncc(CC)s1)NCC(C)(C)SC. The van der Waals surface area contributed by atoms with E-state index >= 15 is 0 Å². The molecule has 0 unspecified atom stereocenters. The average molecular weight is 315 g/mol. The van der Waals surface area contributed by atoms with E-state index in [0.29, 0.717) is 6.54 Å². The highest BCUT2D eigenvalue weighted by atomic mass is 32.2. The number of guanidine groups is 1. The largest absolute Gasteiger partial charge is 0.357 e. The van der Waals surface area contributed by atoms with E-state index in [9.17, 15) is 0 Å². The Balaban J connectivity index is 2.58. The van der Waals surface area contributed by atoms with Crippen LogP contribution in [-0.4, -0.2) is 35.0 Å². The first-order valence-electron chi connectivity index (χ1n) is 7.01. The zero-order chi connectivity index (χ0) is 15.0. The van der Waals surface area contributed by atoms with E-state index < -0.39 is 0 Å². The molecule has 0 aliphatic rings. The molecule has 0 atom stereocenters. The van der Waals surface area contributed by atoms with Crippen LogP contribution in [-0.2, 0) is 13.0 Å². The number of aromatic nitrogens is 1. The summed E-state index contributed by atoms with van der Waals surface area (Å²) in [6.45, 7) is 11.1. The minimum Gasteiger partial charge on any atom is -0.357 e. The van der Waals surface area contributed by atoms with Gasteiger partial charge in [-0.3, -0.25) is 0 Å². The number of thioether (sulfide) groups is 1. The Morgan fingerprint density at radius 1 is 1.40 bits per heavy atom. The molecule has 4 nitrogen and oxygen atoms in total. The van der Waals surface area contributed by atoms with Crippen LogP contribution in [0.25, 0.3) is 0 Å². The first kappa shape index (κ1) is 17.3. The van der Waals surface area contributed by atoms with Crippen molar-refractivity contribution in [1.82, 2.24) is 15.6 Å². The summed E-state index contributed by atoms with van der Waals surface area (Å²) in [5.74, 6) is 0.864. The van der Waals surface area contributed by atoms with E-state index in [1.807, 2.05) is 18.0 Å². The molecule has 0 radical (unpaired) electrons. The molecular formula is C14H26N4S2. The van der Waals surface area contributed by atoms with Gasteiger partial charge >= 0.3 is 0 Å². The first-order chi connectivity index (χ1) is 9.50. The molecule has 0 fully saturated rings. The third-order valence-corrected chi connectivity index (χ3v) is 5.28. The highest BCUT2D eigenvalue weighted by Crippen LogP contribution is 2.19. The van der Waals surface area contributed by atoms with Gasteiger partial charge in [0.2, 0.25) is 0 Å². The highest BCUT2D eigenvalue weighted by molar-refractivity contribution is 7.99. The number of hydrogen-bond donors (Lipinski definition) is 2. The summed E-state index contributed by atoms with van der Waals surface area (Å²) in [4.78, 5) is 10.3. The minimum absolute atomic E-state index is 0.201. The van der Waals surface area contributed by atoms with E-state index in [1.165, 1.54) is 4.88 Å². The van der Waals surface area contributed by atoms with Gasteiger partial charge in [0.25, 0.3) is 0 Å². The van der Waals surface area contributed by atoms with Crippen LogP contribution in [0.4, 0.5) is 0 Å². The molecule has 6 heteroatoms. The molecule has 2 N–H and O–H groups in total. The fourth-order valence-electron chi connectivity index (χ4n) is 1.44. The molecular weight excluding hydrogens is 288 g/mol. The molecule has 0 saturated carbocycles. The number of thiazole rings is 1. The molecule has 0 aliphatic carbocycles. The molecule has 1 rings (SSSR count). The fraction of sp³-hybridized carbons (Fsp3) is 0.714. The Labute approximate surface area is 130 Å². The van der Waals surface area contributed by atoms with Crippen LogP contribution < -0.4 is 10.6 Å². The van der Waals surface area contributed by atoms with Crippen LogP contribution in [0.15, 0.2) is 11.2 Å². The summed E-state index contributed by atoms with van der Waals surface area (Å²) in [6, 6.07) is 0. The van der Waals surface area contributed by atoms with Gasteiger partial charge in [0.1, 0.15) is 5.01 Å². The van der Waals surface area contributed by atoms with Crippen LogP contribution in [0.3, 0.4) is 0 Å². The van der Waals surface area contributed by atoms with E-state index in [1.54, 1.807) is 11.3 Å². The van der Waals surface area contributed by atoms with Crippen molar-refractivity contribution in [2.24, 2.45) is 4.99 Å². The van der Waals surface area contributed by atoms with Crippen LogP contribution in [0.2, 0.25) is 0 Å². The zero-order valence-corrected chi connectivity index (χ0v) is 14.7. The monoisotopic (exact) mass is 314 g/mol. The molecule has 0 aromatic carbocycles. The van der Waals surface area contributed by atoms with Gasteiger partial charge in [-0.05, 0) is 33.4 Å². The average Bonchev–Trinajstić information content (AvgIpc) is 2.90. The maximum Gasteiger partial charge on any atom is 0.191 e. The van der Waals surface area contributed by atoms with E-state index in [0.717, 1.165) is 30.5 Å². The maximum absolute atomic E-state index is 4.60. The van der Waals surface area contributed by atoms with E-state index in [4.69, 9.17) is 0 Å². The molecule has 20 heavy (non-hydrogen) atoms. The predicted octanol–water partition coefficient (Wildman–Crippen LogP) is 2.90. The van der Waals surface area contributed by atoms with Crippen LogP contribution in [0.1, 0.15) is 37.6 Å². The van der Waals surface area contributed by atoms with Crippen molar-refractivity contribution in [2.75, 3.05) is 19.3 Å². The van der Waals surface area contributed by atoms with Gasteiger partial charge in [-0.25, -0.2) is 9.98 Å². The molecule has 1 aromatic rings. The third-order valence-electron chi connectivity index (χ3n) is 2.90. The lowest BCUT2D eigenvalue weighted by molar-refractivity contribution is 0.665. The summed E-state index contributed by atoms with van der Waals surface area (Å²) in [5.41, 5.74) is 0. The Hall–Kier alpha value is -0.750. The van der Waals surface area contributed by atoms with E-state index in [-0.39, 0.29) is 4.75 Å². The normalized spacial score (nSPS) is 12.6. The molecule has 1 aromatic heterocycles. The van der Waals surface area contributed by atoms with Crippen molar-refractivity contribution < 1.29 is 0 Å². The lowest BCUT2D eigenvalue weighted by Crippen LogP contribution is -2.43. The van der Waals surface area contributed by atoms with Gasteiger partial charge < -0.3 is 10.6 Å². The van der Waals surface area contributed by atoms with Crippen molar-refractivity contribution >= 4 is 29.1 Å². The van der Waals surface area contributed by atoms with Crippen molar-refractivity contribution in [3.8, 4) is 0 Å². The second-order valence-corrected chi connectivity index (χ2v) is 7.80. The van der Waals surface area contributed by atoms with Crippen molar-refractivity contribution in [1.29, 1.82) is 0 Å². The van der Waals surface area contributed by atoms with Gasteiger partial charge in [-0.2, -0.15) is 11.8 Å². The van der Waals surface area contributed by atoms with Gasteiger partial charge in [0.15, 0.2) is 5.96 Å². The number of rotatable bonds is 7.